The summed E-state index contributed by atoms with van der Waals surface area (Å²) in [5.41, 5.74) is 5.83. The lowest BCUT2D eigenvalue weighted by atomic mass is 10.0. The van der Waals surface area contributed by atoms with Crippen molar-refractivity contribution in [2.45, 2.75) is 19.3 Å². The number of thiophene rings is 1. The molecule has 0 bridgehead atoms. The number of hydrogen-bond donors (Lipinski definition) is 2. The van der Waals surface area contributed by atoms with E-state index in [-0.39, 0.29) is 25.0 Å². The Balaban J connectivity index is 2.42. The van der Waals surface area contributed by atoms with Crippen LogP contribution >= 0.6 is 11.3 Å². The fourth-order valence-corrected chi connectivity index (χ4v) is 3.20. The maximum absolute atomic E-state index is 12.1. The van der Waals surface area contributed by atoms with E-state index in [1.54, 1.807) is 0 Å². The molecule has 3 N–H and O–H groups in total. The SMILES string of the molecule is NC(=O)Cc1c(C(=O)CCC(=O)O)sc2ccccc12. The molecule has 0 saturated heterocycles. The van der Waals surface area contributed by atoms with Crippen LogP contribution in [0.4, 0.5) is 0 Å². The minimum absolute atomic E-state index is 0.0157. The molecule has 1 amide bonds. The summed E-state index contributed by atoms with van der Waals surface area (Å²) in [6, 6.07) is 7.36. The second-order valence-corrected chi connectivity index (χ2v) is 5.42. The predicted molar refractivity (Wildman–Crippen MR) is 75.9 cm³/mol. The second kappa shape index (κ2) is 5.83. The molecule has 5 nitrogen and oxygen atoms in total. The van der Waals surface area contributed by atoms with Crippen molar-refractivity contribution in [2.24, 2.45) is 5.73 Å². The topological polar surface area (TPSA) is 97.5 Å². The molecule has 20 heavy (non-hydrogen) atoms. The summed E-state index contributed by atoms with van der Waals surface area (Å²) >= 11 is 1.28. The van der Waals surface area contributed by atoms with Gasteiger partial charge in [0.05, 0.1) is 17.7 Å². The summed E-state index contributed by atoms with van der Waals surface area (Å²) in [6.45, 7) is 0. The highest BCUT2D eigenvalue weighted by Gasteiger charge is 2.19. The predicted octanol–water partition coefficient (Wildman–Crippen LogP) is 1.98. The summed E-state index contributed by atoms with van der Waals surface area (Å²) < 4.78 is 0.891. The number of aliphatic carboxylic acids is 1. The molecule has 2 rings (SSSR count). The van der Waals surface area contributed by atoms with Gasteiger partial charge in [0, 0.05) is 11.1 Å². The number of hydrogen-bond acceptors (Lipinski definition) is 4. The minimum Gasteiger partial charge on any atom is -0.481 e. The van der Waals surface area contributed by atoms with Crippen LogP contribution in [0.5, 0.6) is 0 Å². The monoisotopic (exact) mass is 291 g/mol. The van der Waals surface area contributed by atoms with E-state index < -0.39 is 11.9 Å². The molecule has 2 aromatic rings. The van der Waals surface area contributed by atoms with Gasteiger partial charge in [-0.05, 0) is 17.0 Å². The molecule has 0 saturated carbocycles. The maximum atomic E-state index is 12.1. The zero-order chi connectivity index (χ0) is 14.7. The van der Waals surface area contributed by atoms with E-state index in [1.807, 2.05) is 24.3 Å². The molecular formula is C14H13NO4S. The Morgan fingerprint density at radius 2 is 1.85 bits per heavy atom. The fraction of sp³-hybridized carbons (Fsp3) is 0.214. The quantitative estimate of drug-likeness (QED) is 0.795. The van der Waals surface area contributed by atoms with Gasteiger partial charge >= 0.3 is 5.97 Å². The normalized spacial score (nSPS) is 10.6. The van der Waals surface area contributed by atoms with Gasteiger partial charge in [0.15, 0.2) is 5.78 Å². The number of rotatable bonds is 6. The van der Waals surface area contributed by atoms with E-state index in [9.17, 15) is 14.4 Å². The molecular weight excluding hydrogens is 278 g/mol. The lowest BCUT2D eigenvalue weighted by Gasteiger charge is -2.01. The van der Waals surface area contributed by atoms with Crippen LogP contribution in [-0.2, 0) is 16.0 Å². The van der Waals surface area contributed by atoms with Gasteiger partial charge < -0.3 is 10.8 Å². The van der Waals surface area contributed by atoms with Gasteiger partial charge in [0.1, 0.15) is 0 Å². The minimum atomic E-state index is -1.02. The van der Waals surface area contributed by atoms with Crippen LogP contribution in [0, 0.1) is 0 Å². The van der Waals surface area contributed by atoms with Crippen LogP contribution in [0.1, 0.15) is 28.1 Å². The number of benzene rings is 1. The van der Waals surface area contributed by atoms with Crippen LogP contribution in [0.2, 0.25) is 0 Å². The number of fused-ring (bicyclic) bond motifs is 1. The fourth-order valence-electron chi connectivity index (χ4n) is 2.01. The van der Waals surface area contributed by atoms with E-state index in [1.165, 1.54) is 11.3 Å². The first-order valence-electron chi connectivity index (χ1n) is 6.02. The Bertz CT molecular complexity index is 690. The van der Waals surface area contributed by atoms with E-state index in [0.29, 0.717) is 10.4 Å². The molecule has 0 fully saturated rings. The molecule has 0 aliphatic heterocycles. The van der Waals surface area contributed by atoms with Crippen LogP contribution in [0.15, 0.2) is 24.3 Å². The molecule has 0 radical (unpaired) electrons. The summed E-state index contributed by atoms with van der Waals surface area (Å²) in [5, 5.41) is 9.47. The number of carbonyl (C=O) groups excluding carboxylic acids is 2. The average molecular weight is 291 g/mol. The van der Waals surface area contributed by atoms with Crippen molar-refractivity contribution < 1.29 is 19.5 Å². The van der Waals surface area contributed by atoms with Crippen LogP contribution in [0.25, 0.3) is 10.1 Å². The molecule has 0 unspecified atom stereocenters. The van der Waals surface area contributed by atoms with Crippen molar-refractivity contribution >= 4 is 39.1 Å². The summed E-state index contributed by atoms with van der Waals surface area (Å²) in [6.07, 6.45) is -0.310. The number of nitrogens with two attached hydrogens (primary N) is 1. The van der Waals surface area contributed by atoms with Crippen molar-refractivity contribution in [3.8, 4) is 0 Å². The number of primary amides is 1. The van der Waals surface area contributed by atoms with Crippen LogP contribution < -0.4 is 5.73 Å². The zero-order valence-electron chi connectivity index (χ0n) is 10.6. The van der Waals surface area contributed by atoms with Crippen LogP contribution in [-0.4, -0.2) is 22.8 Å². The van der Waals surface area contributed by atoms with Gasteiger partial charge in [-0.25, -0.2) is 0 Å². The number of ketones is 1. The van der Waals surface area contributed by atoms with Gasteiger partial charge in [0.25, 0.3) is 0 Å². The first-order valence-corrected chi connectivity index (χ1v) is 6.84. The average Bonchev–Trinajstić information content (AvgIpc) is 2.74. The van der Waals surface area contributed by atoms with Gasteiger partial charge in [-0.2, -0.15) is 0 Å². The largest absolute Gasteiger partial charge is 0.481 e. The number of Topliss-reactive ketones (excluding diaryl/α,β-unsaturated/α-hetero) is 1. The highest BCUT2D eigenvalue weighted by molar-refractivity contribution is 7.21. The van der Waals surface area contributed by atoms with E-state index >= 15 is 0 Å². The van der Waals surface area contributed by atoms with Crippen molar-refractivity contribution in [2.75, 3.05) is 0 Å². The molecule has 0 atom stereocenters. The third-order valence-electron chi connectivity index (χ3n) is 2.87. The Kier molecular flexibility index (Phi) is 4.14. The first-order chi connectivity index (χ1) is 9.49. The highest BCUT2D eigenvalue weighted by atomic mass is 32.1. The lowest BCUT2D eigenvalue weighted by Crippen LogP contribution is -2.15. The Labute approximate surface area is 119 Å². The summed E-state index contributed by atoms with van der Waals surface area (Å²) in [4.78, 5) is 34.3. The first kappa shape index (κ1) is 14.2. The molecule has 1 aromatic carbocycles. The highest BCUT2D eigenvalue weighted by Crippen LogP contribution is 2.32. The lowest BCUT2D eigenvalue weighted by molar-refractivity contribution is -0.137. The zero-order valence-corrected chi connectivity index (χ0v) is 11.4. The van der Waals surface area contributed by atoms with Crippen molar-refractivity contribution in [1.82, 2.24) is 0 Å². The van der Waals surface area contributed by atoms with Gasteiger partial charge in [-0.1, -0.05) is 18.2 Å². The second-order valence-electron chi connectivity index (χ2n) is 4.37. The third-order valence-corrected chi connectivity index (χ3v) is 4.12. The molecule has 0 spiro atoms. The van der Waals surface area contributed by atoms with Crippen molar-refractivity contribution in [3.05, 3.63) is 34.7 Å². The third kappa shape index (κ3) is 3.03. The van der Waals surface area contributed by atoms with E-state index in [0.717, 1.165) is 10.1 Å². The Morgan fingerprint density at radius 1 is 1.15 bits per heavy atom. The maximum Gasteiger partial charge on any atom is 0.303 e. The summed E-state index contributed by atoms with van der Waals surface area (Å²) in [7, 11) is 0. The standard InChI is InChI=1S/C14H13NO4S/c15-12(17)7-9-8-3-1-2-4-11(8)20-14(9)10(16)5-6-13(18)19/h1-4H,5-7H2,(H2,15,17)(H,18,19). The number of carbonyl (C=O) groups is 3. The molecule has 1 heterocycles. The Morgan fingerprint density at radius 3 is 2.50 bits per heavy atom. The molecule has 1 aromatic heterocycles. The molecule has 0 aliphatic carbocycles. The molecule has 6 heteroatoms. The number of carboxylic acids is 1. The number of carboxylic acid groups (broad SMARTS) is 1. The van der Waals surface area contributed by atoms with Crippen molar-refractivity contribution in [1.29, 1.82) is 0 Å². The van der Waals surface area contributed by atoms with Gasteiger partial charge in [-0.3, -0.25) is 14.4 Å². The number of amides is 1. The van der Waals surface area contributed by atoms with E-state index in [4.69, 9.17) is 10.8 Å². The van der Waals surface area contributed by atoms with Gasteiger partial charge in [-0.15, -0.1) is 11.3 Å². The molecule has 0 aliphatic rings. The van der Waals surface area contributed by atoms with E-state index in [2.05, 4.69) is 0 Å². The molecule has 104 valence electrons. The Hall–Kier alpha value is -2.21. The van der Waals surface area contributed by atoms with Crippen molar-refractivity contribution in [3.63, 3.8) is 0 Å². The van der Waals surface area contributed by atoms with Crippen LogP contribution in [0.3, 0.4) is 0 Å². The smallest absolute Gasteiger partial charge is 0.303 e. The van der Waals surface area contributed by atoms with Gasteiger partial charge in [0.2, 0.25) is 5.91 Å². The summed E-state index contributed by atoms with van der Waals surface area (Å²) in [5.74, 6) is -1.79.